The highest BCUT2D eigenvalue weighted by atomic mass is 16.5. The summed E-state index contributed by atoms with van der Waals surface area (Å²) in [6, 6.07) is 7.78. The average Bonchev–Trinajstić information content (AvgIpc) is 2.68. The van der Waals surface area contributed by atoms with E-state index in [4.69, 9.17) is 4.74 Å². The second-order valence-electron chi connectivity index (χ2n) is 6.52. The predicted octanol–water partition coefficient (Wildman–Crippen LogP) is 2.59. The van der Waals surface area contributed by atoms with E-state index in [-0.39, 0.29) is 17.9 Å². The maximum Gasteiger partial charge on any atom is 0.319 e. The number of carbonyl (C=O) groups is 2. The van der Waals surface area contributed by atoms with Gasteiger partial charge in [-0.2, -0.15) is 0 Å². The van der Waals surface area contributed by atoms with Crippen LogP contribution in [0.3, 0.4) is 0 Å². The molecule has 6 nitrogen and oxygen atoms in total. The maximum atomic E-state index is 13.0. The number of fused-ring (bicyclic) bond motifs is 1. The first-order chi connectivity index (χ1) is 12.2. The number of hydrogen-bond acceptors (Lipinski definition) is 3. The first-order valence-electron chi connectivity index (χ1n) is 9.22. The third-order valence-corrected chi connectivity index (χ3v) is 5.14. The van der Waals surface area contributed by atoms with Crippen molar-refractivity contribution in [3.8, 4) is 5.75 Å². The molecule has 136 valence electrons. The van der Waals surface area contributed by atoms with E-state index in [2.05, 4.69) is 0 Å². The minimum absolute atomic E-state index is 0.0214. The molecule has 1 saturated heterocycles. The Morgan fingerprint density at radius 3 is 2.48 bits per heavy atom. The van der Waals surface area contributed by atoms with E-state index < -0.39 is 0 Å². The molecule has 3 rings (SSSR count). The van der Waals surface area contributed by atoms with E-state index in [1.165, 1.54) is 0 Å². The van der Waals surface area contributed by atoms with Crippen LogP contribution in [0.25, 0.3) is 0 Å². The van der Waals surface area contributed by atoms with Gasteiger partial charge >= 0.3 is 6.03 Å². The van der Waals surface area contributed by atoms with Crippen LogP contribution in [0.2, 0.25) is 0 Å². The zero-order chi connectivity index (χ0) is 17.8. The second-order valence-corrected chi connectivity index (χ2v) is 6.52. The molecule has 0 spiro atoms. The Labute approximate surface area is 149 Å². The number of benzene rings is 1. The van der Waals surface area contributed by atoms with Crippen LogP contribution < -0.4 is 9.64 Å². The molecule has 0 N–H and O–H groups in total. The van der Waals surface area contributed by atoms with Crippen molar-refractivity contribution in [2.24, 2.45) is 5.92 Å². The van der Waals surface area contributed by atoms with E-state index in [0.717, 1.165) is 37.4 Å². The van der Waals surface area contributed by atoms with Crippen LogP contribution in [0.1, 0.15) is 26.7 Å². The molecule has 2 aliphatic heterocycles. The summed E-state index contributed by atoms with van der Waals surface area (Å²) in [6.45, 7) is 7.85. The van der Waals surface area contributed by atoms with Crippen LogP contribution in [-0.2, 0) is 4.79 Å². The first-order valence-corrected chi connectivity index (χ1v) is 9.22. The molecule has 25 heavy (non-hydrogen) atoms. The number of ether oxygens (including phenoxy) is 1. The Bertz CT molecular complexity index is 622. The van der Waals surface area contributed by atoms with Crippen LogP contribution >= 0.6 is 0 Å². The van der Waals surface area contributed by atoms with Crippen molar-refractivity contribution in [2.45, 2.75) is 26.7 Å². The largest absolute Gasteiger partial charge is 0.490 e. The van der Waals surface area contributed by atoms with Gasteiger partial charge in [0, 0.05) is 32.1 Å². The number of carbonyl (C=O) groups excluding carboxylic acids is 2. The van der Waals surface area contributed by atoms with Gasteiger partial charge in [0.2, 0.25) is 5.91 Å². The Hall–Kier alpha value is -2.24. The van der Waals surface area contributed by atoms with Gasteiger partial charge in [-0.15, -0.1) is 0 Å². The van der Waals surface area contributed by atoms with Crippen LogP contribution in [0.15, 0.2) is 24.3 Å². The molecule has 1 fully saturated rings. The molecule has 0 aromatic heterocycles. The van der Waals surface area contributed by atoms with E-state index in [1.807, 2.05) is 52.8 Å². The summed E-state index contributed by atoms with van der Waals surface area (Å²) in [4.78, 5) is 31.0. The normalized spacial score (nSPS) is 17.7. The number of likely N-dealkylation sites (tertiary alicyclic amines) is 1. The van der Waals surface area contributed by atoms with Crippen molar-refractivity contribution < 1.29 is 14.3 Å². The van der Waals surface area contributed by atoms with Gasteiger partial charge in [0.05, 0.1) is 12.2 Å². The molecule has 0 saturated carbocycles. The lowest BCUT2D eigenvalue weighted by atomic mass is 9.95. The standard InChI is InChI=1S/C19H27N3O3/c1-3-20(4-2)19(24)21-11-9-15(10-12-21)18(23)22-13-14-25-17-8-6-5-7-16(17)22/h5-8,15H,3-4,9-14H2,1-2H3. The predicted molar refractivity (Wildman–Crippen MR) is 96.9 cm³/mol. The number of amides is 3. The topological polar surface area (TPSA) is 53.1 Å². The molecule has 6 heteroatoms. The minimum Gasteiger partial charge on any atom is -0.490 e. The number of anilines is 1. The van der Waals surface area contributed by atoms with Gasteiger partial charge in [-0.3, -0.25) is 4.79 Å². The van der Waals surface area contributed by atoms with E-state index in [0.29, 0.717) is 26.2 Å². The van der Waals surface area contributed by atoms with Crippen LogP contribution in [0, 0.1) is 5.92 Å². The zero-order valence-corrected chi connectivity index (χ0v) is 15.1. The smallest absolute Gasteiger partial charge is 0.319 e. The van der Waals surface area contributed by atoms with E-state index >= 15 is 0 Å². The lowest BCUT2D eigenvalue weighted by molar-refractivity contribution is -0.123. The molecule has 0 radical (unpaired) electrons. The van der Waals surface area contributed by atoms with Gasteiger partial charge in [0.1, 0.15) is 12.4 Å². The highest BCUT2D eigenvalue weighted by Crippen LogP contribution is 2.33. The molecule has 3 amide bonds. The van der Waals surface area contributed by atoms with Gasteiger partial charge in [-0.05, 0) is 38.8 Å². The first kappa shape index (κ1) is 17.6. The van der Waals surface area contributed by atoms with Crippen LogP contribution in [0.4, 0.5) is 10.5 Å². The molecule has 0 aliphatic carbocycles. The van der Waals surface area contributed by atoms with Crippen molar-refractivity contribution in [1.82, 2.24) is 9.80 Å². The van der Waals surface area contributed by atoms with Gasteiger partial charge in [0.15, 0.2) is 0 Å². The number of urea groups is 1. The third kappa shape index (κ3) is 3.57. The van der Waals surface area contributed by atoms with Crippen LogP contribution in [-0.4, -0.2) is 61.1 Å². The fourth-order valence-corrected chi connectivity index (χ4v) is 3.63. The molecular weight excluding hydrogens is 318 g/mol. The van der Waals surface area contributed by atoms with E-state index in [1.54, 1.807) is 0 Å². The number of rotatable bonds is 3. The summed E-state index contributed by atoms with van der Waals surface area (Å²) in [5, 5.41) is 0. The summed E-state index contributed by atoms with van der Waals surface area (Å²) < 4.78 is 5.64. The summed E-state index contributed by atoms with van der Waals surface area (Å²) in [7, 11) is 0. The van der Waals surface area contributed by atoms with Crippen molar-refractivity contribution in [1.29, 1.82) is 0 Å². The Morgan fingerprint density at radius 2 is 1.80 bits per heavy atom. The van der Waals surface area contributed by atoms with Crippen molar-refractivity contribution in [2.75, 3.05) is 44.2 Å². The third-order valence-electron chi connectivity index (χ3n) is 5.14. The SMILES string of the molecule is CCN(CC)C(=O)N1CCC(C(=O)N2CCOc3ccccc32)CC1. The molecule has 1 aromatic carbocycles. The van der Waals surface area contributed by atoms with Gasteiger partial charge in [0.25, 0.3) is 0 Å². The molecular formula is C19H27N3O3. The highest BCUT2D eigenvalue weighted by Gasteiger charge is 2.33. The summed E-state index contributed by atoms with van der Waals surface area (Å²) >= 11 is 0. The van der Waals surface area contributed by atoms with Gasteiger partial charge in [-0.25, -0.2) is 4.79 Å². The fraction of sp³-hybridized carbons (Fsp3) is 0.579. The van der Waals surface area contributed by atoms with E-state index in [9.17, 15) is 9.59 Å². The monoisotopic (exact) mass is 345 g/mol. The molecule has 2 aliphatic rings. The van der Waals surface area contributed by atoms with Crippen molar-refractivity contribution >= 4 is 17.6 Å². The summed E-state index contributed by atoms with van der Waals surface area (Å²) in [5.74, 6) is 0.911. The minimum atomic E-state index is -0.0214. The van der Waals surface area contributed by atoms with Gasteiger partial charge in [-0.1, -0.05) is 12.1 Å². The maximum absolute atomic E-state index is 13.0. The molecule has 0 atom stereocenters. The number of hydrogen-bond donors (Lipinski definition) is 0. The Balaban J connectivity index is 1.62. The highest BCUT2D eigenvalue weighted by molar-refractivity contribution is 5.97. The molecule has 1 aromatic rings. The van der Waals surface area contributed by atoms with Gasteiger partial charge < -0.3 is 19.4 Å². The molecule has 0 unspecified atom stereocenters. The molecule has 0 bridgehead atoms. The number of para-hydroxylation sites is 2. The fourth-order valence-electron chi connectivity index (χ4n) is 3.63. The average molecular weight is 345 g/mol. The summed E-state index contributed by atoms with van der Waals surface area (Å²) in [5.41, 5.74) is 0.861. The number of nitrogens with zero attached hydrogens (tertiary/aromatic N) is 3. The van der Waals surface area contributed by atoms with Crippen LogP contribution in [0.5, 0.6) is 5.75 Å². The lowest BCUT2D eigenvalue weighted by Gasteiger charge is -2.37. The quantitative estimate of drug-likeness (QED) is 0.846. The van der Waals surface area contributed by atoms with Crippen molar-refractivity contribution in [3.05, 3.63) is 24.3 Å². The second kappa shape index (κ2) is 7.76. The Kier molecular flexibility index (Phi) is 5.46. The lowest BCUT2D eigenvalue weighted by Crippen LogP contribution is -2.49. The Morgan fingerprint density at radius 1 is 1.12 bits per heavy atom. The number of piperidine rings is 1. The van der Waals surface area contributed by atoms with Crippen molar-refractivity contribution in [3.63, 3.8) is 0 Å². The summed E-state index contributed by atoms with van der Waals surface area (Å²) in [6.07, 6.45) is 1.46. The zero-order valence-electron chi connectivity index (χ0n) is 15.1. The molecule has 2 heterocycles.